The van der Waals surface area contributed by atoms with Crippen LogP contribution in [0.15, 0.2) is 29.2 Å². The van der Waals surface area contributed by atoms with E-state index in [0.29, 0.717) is 10.7 Å². The fraction of sp³-hybridized carbons (Fsp3) is 0.579. The van der Waals surface area contributed by atoms with Crippen molar-refractivity contribution in [3.8, 4) is 0 Å². The Morgan fingerprint density at radius 2 is 1.84 bits per heavy atom. The molecule has 0 aliphatic carbocycles. The molecule has 0 bridgehead atoms. The lowest BCUT2D eigenvalue weighted by molar-refractivity contribution is 0.125. The van der Waals surface area contributed by atoms with E-state index in [4.69, 9.17) is 11.6 Å². The predicted molar refractivity (Wildman–Crippen MR) is 100 cm³/mol. The maximum absolute atomic E-state index is 12.3. The van der Waals surface area contributed by atoms with Crippen LogP contribution in [0.3, 0.4) is 0 Å². The van der Waals surface area contributed by atoms with E-state index in [1.807, 2.05) is 0 Å². The summed E-state index contributed by atoms with van der Waals surface area (Å²) in [5.74, 6) is 1.77. The van der Waals surface area contributed by atoms with Gasteiger partial charge in [0.2, 0.25) is 0 Å². The topological polar surface area (TPSA) is 49.6 Å². The number of pyridine rings is 1. The molecule has 0 aromatic carbocycles. The van der Waals surface area contributed by atoms with Crippen LogP contribution in [0, 0.1) is 11.8 Å². The highest BCUT2D eigenvalue weighted by molar-refractivity contribution is 6.30. The Kier molecular flexibility index (Phi) is 5.06. The second kappa shape index (κ2) is 7.44. The largest absolute Gasteiger partial charge is 0.317 e. The second-order valence-corrected chi connectivity index (χ2v) is 7.80. The molecular weight excluding hydrogens is 336 g/mol. The van der Waals surface area contributed by atoms with Crippen LogP contribution < -0.4 is 10.9 Å². The molecular formula is C19H25ClN4O. The highest BCUT2D eigenvalue weighted by atomic mass is 35.5. The number of halogens is 1. The highest BCUT2D eigenvalue weighted by Gasteiger charge is 2.27. The minimum absolute atomic E-state index is 0.0629. The van der Waals surface area contributed by atoms with E-state index in [0.717, 1.165) is 37.2 Å². The molecule has 4 heterocycles. The van der Waals surface area contributed by atoms with Crippen molar-refractivity contribution in [2.45, 2.75) is 32.2 Å². The third-order valence-electron chi connectivity index (χ3n) is 5.74. The molecule has 0 amide bonds. The lowest BCUT2D eigenvalue weighted by Gasteiger charge is -2.37. The monoisotopic (exact) mass is 360 g/mol. The Labute approximate surface area is 153 Å². The number of nitrogens with one attached hydrogen (secondary N) is 1. The van der Waals surface area contributed by atoms with Crippen molar-refractivity contribution in [3.05, 3.63) is 45.5 Å². The predicted octanol–water partition coefficient (Wildman–Crippen LogP) is 2.56. The van der Waals surface area contributed by atoms with Crippen LogP contribution in [-0.2, 0) is 6.54 Å². The van der Waals surface area contributed by atoms with Gasteiger partial charge in [-0.1, -0.05) is 11.6 Å². The first kappa shape index (κ1) is 17.0. The summed E-state index contributed by atoms with van der Waals surface area (Å²) in [5, 5.41) is 4.01. The van der Waals surface area contributed by atoms with Crippen molar-refractivity contribution in [3.63, 3.8) is 0 Å². The van der Waals surface area contributed by atoms with Gasteiger partial charge in [0.05, 0.1) is 10.7 Å². The van der Waals surface area contributed by atoms with Crippen LogP contribution in [-0.4, -0.2) is 40.5 Å². The summed E-state index contributed by atoms with van der Waals surface area (Å²) in [4.78, 5) is 19.4. The number of aromatic nitrogens is 2. The average Bonchev–Trinajstić information content (AvgIpc) is 2.64. The zero-order valence-corrected chi connectivity index (χ0v) is 15.2. The van der Waals surface area contributed by atoms with Crippen molar-refractivity contribution in [1.82, 2.24) is 19.6 Å². The Balaban J connectivity index is 1.40. The first-order valence-electron chi connectivity index (χ1n) is 9.30. The molecule has 5 nitrogen and oxygen atoms in total. The SMILES string of the molecule is O=c1cc(CN2CCC(C3CCNCC3)CC2)nc2ccc(Cl)cn12. The smallest absolute Gasteiger partial charge is 0.258 e. The number of nitrogens with zero attached hydrogens (tertiary/aromatic N) is 3. The minimum atomic E-state index is -0.0629. The average molecular weight is 361 g/mol. The normalized spacial score (nSPS) is 21.0. The molecule has 4 rings (SSSR count). The molecule has 2 saturated heterocycles. The fourth-order valence-corrected chi connectivity index (χ4v) is 4.49. The van der Waals surface area contributed by atoms with Crippen molar-refractivity contribution in [2.75, 3.05) is 26.2 Å². The van der Waals surface area contributed by atoms with Gasteiger partial charge in [-0.25, -0.2) is 4.98 Å². The Bertz CT molecular complexity index is 792. The Morgan fingerprint density at radius 3 is 2.60 bits per heavy atom. The third-order valence-corrected chi connectivity index (χ3v) is 5.97. The molecule has 0 spiro atoms. The minimum Gasteiger partial charge on any atom is -0.317 e. The van der Waals surface area contributed by atoms with Crippen LogP contribution in [0.25, 0.3) is 5.65 Å². The van der Waals surface area contributed by atoms with Crippen LogP contribution in [0.2, 0.25) is 5.02 Å². The quantitative estimate of drug-likeness (QED) is 0.914. The number of hydrogen-bond acceptors (Lipinski definition) is 4. The maximum Gasteiger partial charge on any atom is 0.258 e. The number of piperidine rings is 2. The summed E-state index contributed by atoms with van der Waals surface area (Å²) < 4.78 is 1.51. The molecule has 2 aliphatic heterocycles. The lowest BCUT2D eigenvalue weighted by Crippen LogP contribution is -2.39. The summed E-state index contributed by atoms with van der Waals surface area (Å²) >= 11 is 5.96. The molecule has 2 fully saturated rings. The van der Waals surface area contributed by atoms with Gasteiger partial charge in [0, 0.05) is 18.8 Å². The van der Waals surface area contributed by atoms with Crippen LogP contribution in [0.1, 0.15) is 31.4 Å². The van der Waals surface area contributed by atoms with E-state index in [1.54, 1.807) is 24.4 Å². The first-order chi connectivity index (χ1) is 12.2. The zero-order valence-electron chi connectivity index (χ0n) is 14.5. The van der Waals surface area contributed by atoms with Gasteiger partial charge in [-0.3, -0.25) is 14.1 Å². The van der Waals surface area contributed by atoms with E-state index in [9.17, 15) is 4.79 Å². The molecule has 6 heteroatoms. The molecule has 2 aromatic heterocycles. The standard InChI is InChI=1S/C19H25ClN4O/c20-16-1-2-18-22-17(11-19(25)24(18)12-16)13-23-9-5-15(6-10-23)14-3-7-21-8-4-14/h1-2,11-12,14-15,21H,3-10,13H2. The van der Waals surface area contributed by atoms with Gasteiger partial charge in [-0.15, -0.1) is 0 Å². The van der Waals surface area contributed by atoms with Gasteiger partial charge in [0.1, 0.15) is 5.65 Å². The molecule has 25 heavy (non-hydrogen) atoms. The van der Waals surface area contributed by atoms with Gasteiger partial charge in [-0.05, 0) is 75.8 Å². The summed E-state index contributed by atoms with van der Waals surface area (Å²) in [6, 6.07) is 5.22. The molecule has 0 radical (unpaired) electrons. The molecule has 2 aromatic rings. The number of likely N-dealkylation sites (tertiary alicyclic amines) is 1. The summed E-state index contributed by atoms with van der Waals surface area (Å²) in [6.45, 7) is 5.33. The number of fused-ring (bicyclic) bond motifs is 1. The Hall–Kier alpha value is -1.43. The lowest BCUT2D eigenvalue weighted by atomic mass is 9.79. The van der Waals surface area contributed by atoms with Crippen LogP contribution in [0.4, 0.5) is 0 Å². The molecule has 0 unspecified atom stereocenters. The van der Waals surface area contributed by atoms with Gasteiger partial charge in [-0.2, -0.15) is 0 Å². The molecule has 0 atom stereocenters. The maximum atomic E-state index is 12.3. The van der Waals surface area contributed by atoms with Crippen LogP contribution >= 0.6 is 11.6 Å². The zero-order chi connectivity index (χ0) is 17.2. The first-order valence-corrected chi connectivity index (χ1v) is 9.68. The van der Waals surface area contributed by atoms with E-state index in [1.165, 1.54) is 43.2 Å². The number of hydrogen-bond donors (Lipinski definition) is 1. The van der Waals surface area contributed by atoms with E-state index < -0.39 is 0 Å². The highest BCUT2D eigenvalue weighted by Crippen LogP contribution is 2.31. The van der Waals surface area contributed by atoms with Gasteiger partial charge in [0.15, 0.2) is 0 Å². The van der Waals surface area contributed by atoms with Crippen molar-refractivity contribution >= 4 is 17.2 Å². The molecule has 134 valence electrons. The van der Waals surface area contributed by atoms with Crippen molar-refractivity contribution in [2.24, 2.45) is 11.8 Å². The fourth-order valence-electron chi connectivity index (χ4n) is 4.33. The second-order valence-electron chi connectivity index (χ2n) is 7.36. The summed E-state index contributed by atoms with van der Waals surface area (Å²) in [7, 11) is 0. The van der Waals surface area contributed by atoms with Crippen LogP contribution in [0.5, 0.6) is 0 Å². The van der Waals surface area contributed by atoms with Crippen molar-refractivity contribution < 1.29 is 0 Å². The van der Waals surface area contributed by atoms with Crippen molar-refractivity contribution in [1.29, 1.82) is 0 Å². The van der Waals surface area contributed by atoms with Gasteiger partial charge >= 0.3 is 0 Å². The van der Waals surface area contributed by atoms with E-state index in [2.05, 4.69) is 15.2 Å². The summed E-state index contributed by atoms with van der Waals surface area (Å²) in [5.41, 5.74) is 1.45. The molecule has 0 saturated carbocycles. The third kappa shape index (κ3) is 3.89. The molecule has 2 aliphatic rings. The van der Waals surface area contributed by atoms with Gasteiger partial charge < -0.3 is 5.32 Å². The van der Waals surface area contributed by atoms with E-state index >= 15 is 0 Å². The Morgan fingerprint density at radius 1 is 1.12 bits per heavy atom. The van der Waals surface area contributed by atoms with Gasteiger partial charge in [0.25, 0.3) is 5.56 Å². The number of rotatable bonds is 3. The van der Waals surface area contributed by atoms with E-state index in [-0.39, 0.29) is 5.56 Å². The summed E-state index contributed by atoms with van der Waals surface area (Å²) in [6.07, 6.45) is 6.83. The molecule has 1 N–H and O–H groups in total.